The standard InChI is InChI=1S/C18H33N3/c1-5-8-9-10-11-12-16(4)20-17-13-14-18(19-15-17)21(6-2)7-3/h13-16,20H,5-12H2,1-4H3. The quantitative estimate of drug-likeness (QED) is 0.576. The molecule has 0 saturated carbocycles. The molecule has 21 heavy (non-hydrogen) atoms. The van der Waals surface area contributed by atoms with Crippen molar-refractivity contribution < 1.29 is 0 Å². The molecule has 0 radical (unpaired) electrons. The number of unbranched alkanes of at least 4 members (excludes halogenated alkanes) is 4. The van der Waals surface area contributed by atoms with E-state index < -0.39 is 0 Å². The monoisotopic (exact) mass is 291 g/mol. The molecular formula is C18H33N3. The first-order valence-corrected chi connectivity index (χ1v) is 8.68. The van der Waals surface area contributed by atoms with Crippen LogP contribution in [0, 0.1) is 0 Å². The van der Waals surface area contributed by atoms with E-state index in [-0.39, 0.29) is 0 Å². The fourth-order valence-corrected chi connectivity index (χ4v) is 2.62. The van der Waals surface area contributed by atoms with E-state index in [1.54, 1.807) is 0 Å². The number of anilines is 2. The highest BCUT2D eigenvalue weighted by atomic mass is 15.2. The Morgan fingerprint density at radius 3 is 2.33 bits per heavy atom. The molecule has 0 spiro atoms. The zero-order chi connectivity index (χ0) is 15.5. The molecule has 0 aliphatic carbocycles. The van der Waals surface area contributed by atoms with E-state index in [1.165, 1.54) is 38.5 Å². The summed E-state index contributed by atoms with van der Waals surface area (Å²) in [6.07, 6.45) is 9.95. The van der Waals surface area contributed by atoms with E-state index in [1.807, 2.05) is 6.20 Å². The van der Waals surface area contributed by atoms with Crippen molar-refractivity contribution in [3.63, 3.8) is 0 Å². The summed E-state index contributed by atoms with van der Waals surface area (Å²) in [6.45, 7) is 10.9. The number of hydrogen-bond acceptors (Lipinski definition) is 3. The molecule has 0 aromatic carbocycles. The van der Waals surface area contributed by atoms with Gasteiger partial charge in [0.15, 0.2) is 0 Å². The average molecular weight is 291 g/mol. The maximum atomic E-state index is 4.56. The summed E-state index contributed by atoms with van der Waals surface area (Å²) >= 11 is 0. The fourth-order valence-electron chi connectivity index (χ4n) is 2.62. The van der Waals surface area contributed by atoms with Crippen LogP contribution in [-0.2, 0) is 0 Å². The van der Waals surface area contributed by atoms with Gasteiger partial charge in [-0.2, -0.15) is 0 Å². The topological polar surface area (TPSA) is 28.2 Å². The molecule has 0 fully saturated rings. The van der Waals surface area contributed by atoms with Crippen LogP contribution in [0.3, 0.4) is 0 Å². The third-order valence-electron chi connectivity index (χ3n) is 3.99. The molecule has 3 nitrogen and oxygen atoms in total. The Labute approximate surface area is 131 Å². The molecule has 0 aliphatic rings. The smallest absolute Gasteiger partial charge is 0.128 e. The lowest BCUT2D eigenvalue weighted by atomic mass is 10.1. The third kappa shape index (κ3) is 6.83. The van der Waals surface area contributed by atoms with Crippen LogP contribution in [0.1, 0.15) is 66.2 Å². The summed E-state index contributed by atoms with van der Waals surface area (Å²) in [5, 5.41) is 3.55. The molecule has 0 aliphatic heterocycles. The molecule has 1 rings (SSSR count). The van der Waals surface area contributed by atoms with E-state index in [0.717, 1.165) is 24.6 Å². The Morgan fingerprint density at radius 1 is 1.05 bits per heavy atom. The van der Waals surface area contributed by atoms with E-state index in [2.05, 4.69) is 55.0 Å². The van der Waals surface area contributed by atoms with Crippen LogP contribution in [-0.4, -0.2) is 24.1 Å². The lowest BCUT2D eigenvalue weighted by molar-refractivity contribution is 0.578. The molecule has 1 atom stereocenters. The maximum absolute atomic E-state index is 4.56. The summed E-state index contributed by atoms with van der Waals surface area (Å²) in [4.78, 5) is 6.82. The number of aromatic nitrogens is 1. The lowest BCUT2D eigenvalue weighted by Gasteiger charge is -2.20. The second-order valence-electron chi connectivity index (χ2n) is 5.83. The molecular weight excluding hydrogens is 258 g/mol. The SMILES string of the molecule is CCCCCCCC(C)Nc1ccc(N(CC)CC)nc1. The molecule has 1 aromatic rings. The van der Waals surface area contributed by atoms with Crippen LogP contribution < -0.4 is 10.2 Å². The summed E-state index contributed by atoms with van der Waals surface area (Å²) in [5.41, 5.74) is 1.13. The number of rotatable bonds is 11. The first-order valence-electron chi connectivity index (χ1n) is 8.68. The minimum Gasteiger partial charge on any atom is -0.381 e. The van der Waals surface area contributed by atoms with Crippen LogP contribution in [0.4, 0.5) is 11.5 Å². The van der Waals surface area contributed by atoms with E-state index in [9.17, 15) is 0 Å². The van der Waals surface area contributed by atoms with Gasteiger partial charge >= 0.3 is 0 Å². The highest BCUT2D eigenvalue weighted by Crippen LogP contribution is 2.16. The van der Waals surface area contributed by atoms with Crippen molar-refractivity contribution >= 4 is 11.5 Å². The first-order chi connectivity index (χ1) is 10.2. The molecule has 1 heterocycles. The van der Waals surface area contributed by atoms with Crippen molar-refractivity contribution in [3.05, 3.63) is 18.3 Å². The number of nitrogens with zero attached hydrogens (tertiary/aromatic N) is 2. The molecule has 3 heteroatoms. The van der Waals surface area contributed by atoms with Crippen molar-refractivity contribution in [3.8, 4) is 0 Å². The van der Waals surface area contributed by atoms with Crippen LogP contribution in [0.5, 0.6) is 0 Å². The molecule has 1 aromatic heterocycles. The normalized spacial score (nSPS) is 12.2. The van der Waals surface area contributed by atoms with Crippen LogP contribution >= 0.6 is 0 Å². The van der Waals surface area contributed by atoms with Gasteiger partial charge in [0, 0.05) is 19.1 Å². The van der Waals surface area contributed by atoms with Crippen molar-refractivity contribution in [1.29, 1.82) is 0 Å². The van der Waals surface area contributed by atoms with E-state index >= 15 is 0 Å². The Balaban J connectivity index is 2.34. The van der Waals surface area contributed by atoms with Crippen molar-refractivity contribution in [2.45, 2.75) is 72.3 Å². The zero-order valence-electron chi connectivity index (χ0n) is 14.4. The van der Waals surface area contributed by atoms with E-state index in [0.29, 0.717) is 6.04 Å². The van der Waals surface area contributed by atoms with Gasteiger partial charge in [-0.15, -0.1) is 0 Å². The summed E-state index contributed by atoms with van der Waals surface area (Å²) in [6, 6.07) is 4.78. The van der Waals surface area contributed by atoms with Gasteiger partial charge in [-0.25, -0.2) is 4.98 Å². The third-order valence-corrected chi connectivity index (χ3v) is 3.99. The van der Waals surface area contributed by atoms with Crippen molar-refractivity contribution in [2.75, 3.05) is 23.3 Å². The van der Waals surface area contributed by atoms with Gasteiger partial charge < -0.3 is 10.2 Å². The van der Waals surface area contributed by atoms with Crippen LogP contribution in [0.2, 0.25) is 0 Å². The van der Waals surface area contributed by atoms with E-state index in [4.69, 9.17) is 0 Å². The predicted molar refractivity (Wildman–Crippen MR) is 94.3 cm³/mol. The second-order valence-corrected chi connectivity index (χ2v) is 5.83. The van der Waals surface area contributed by atoms with Gasteiger partial charge in [0.2, 0.25) is 0 Å². The second kappa shape index (κ2) is 10.5. The summed E-state index contributed by atoms with van der Waals surface area (Å²) in [7, 11) is 0. The molecule has 1 unspecified atom stereocenters. The van der Waals surface area contributed by atoms with Gasteiger partial charge in [0.25, 0.3) is 0 Å². The molecule has 0 bridgehead atoms. The van der Waals surface area contributed by atoms with Gasteiger partial charge in [0.05, 0.1) is 11.9 Å². The highest BCUT2D eigenvalue weighted by Gasteiger charge is 2.05. The Kier molecular flexibility index (Phi) is 8.88. The van der Waals surface area contributed by atoms with Gasteiger partial charge in [-0.3, -0.25) is 0 Å². The van der Waals surface area contributed by atoms with Crippen LogP contribution in [0.25, 0.3) is 0 Å². The number of hydrogen-bond donors (Lipinski definition) is 1. The Hall–Kier alpha value is -1.25. The summed E-state index contributed by atoms with van der Waals surface area (Å²) < 4.78 is 0. The van der Waals surface area contributed by atoms with Gasteiger partial charge in [-0.05, 0) is 39.3 Å². The van der Waals surface area contributed by atoms with Crippen molar-refractivity contribution in [1.82, 2.24) is 4.98 Å². The predicted octanol–water partition coefficient (Wildman–Crippen LogP) is 5.09. The molecule has 120 valence electrons. The zero-order valence-corrected chi connectivity index (χ0v) is 14.4. The Morgan fingerprint density at radius 2 is 1.76 bits per heavy atom. The minimum atomic E-state index is 0.521. The first kappa shape index (κ1) is 17.8. The molecule has 0 saturated heterocycles. The Bertz CT molecular complexity index is 357. The molecule has 0 amide bonds. The maximum Gasteiger partial charge on any atom is 0.128 e. The largest absolute Gasteiger partial charge is 0.381 e. The molecule has 1 N–H and O–H groups in total. The number of pyridine rings is 1. The van der Waals surface area contributed by atoms with Gasteiger partial charge in [-0.1, -0.05) is 39.0 Å². The van der Waals surface area contributed by atoms with Crippen LogP contribution in [0.15, 0.2) is 18.3 Å². The van der Waals surface area contributed by atoms with Crippen molar-refractivity contribution in [2.24, 2.45) is 0 Å². The lowest BCUT2D eigenvalue weighted by Crippen LogP contribution is -2.23. The number of nitrogens with one attached hydrogen (secondary N) is 1. The van der Waals surface area contributed by atoms with Gasteiger partial charge in [0.1, 0.15) is 5.82 Å². The summed E-state index contributed by atoms with van der Waals surface area (Å²) in [5.74, 6) is 1.07. The minimum absolute atomic E-state index is 0.521. The highest BCUT2D eigenvalue weighted by molar-refractivity contribution is 5.48. The average Bonchev–Trinajstić information content (AvgIpc) is 2.50. The fraction of sp³-hybridized carbons (Fsp3) is 0.722.